The van der Waals surface area contributed by atoms with Crippen molar-refractivity contribution in [3.63, 3.8) is 0 Å². The minimum Gasteiger partial charge on any atom is -0.435 e. The van der Waals surface area contributed by atoms with Crippen LogP contribution >= 0.6 is 11.8 Å². The average Bonchev–Trinajstić information content (AvgIpc) is 3.31. The minimum atomic E-state index is -2.91. The number of aromatic nitrogens is 7. The van der Waals surface area contributed by atoms with Crippen LogP contribution in [0.2, 0.25) is 0 Å². The number of hydrogen-bond acceptors (Lipinski definition) is 8. The van der Waals surface area contributed by atoms with Crippen LogP contribution in [0.25, 0.3) is 22.4 Å². The van der Waals surface area contributed by atoms with Crippen molar-refractivity contribution in [1.29, 1.82) is 0 Å². The van der Waals surface area contributed by atoms with Gasteiger partial charge < -0.3 is 4.74 Å². The number of para-hydroxylation sites is 1. The molecule has 0 bridgehead atoms. The van der Waals surface area contributed by atoms with Crippen molar-refractivity contribution >= 4 is 22.7 Å². The molecule has 0 spiro atoms. The van der Waals surface area contributed by atoms with E-state index in [1.165, 1.54) is 33.1 Å². The molecule has 0 atom stereocenters. The van der Waals surface area contributed by atoms with Crippen LogP contribution in [0.5, 0.6) is 5.75 Å². The van der Waals surface area contributed by atoms with Gasteiger partial charge in [-0.15, -0.1) is 5.10 Å². The molecule has 0 aliphatic rings. The van der Waals surface area contributed by atoms with Crippen LogP contribution in [-0.2, 0) is 5.75 Å². The Morgan fingerprint density at radius 2 is 1.89 bits per heavy atom. The summed E-state index contributed by atoms with van der Waals surface area (Å²) in [4.78, 5) is 22.5. The van der Waals surface area contributed by atoms with Gasteiger partial charge in [-0.05, 0) is 71.4 Å². The number of nitrogens with zero attached hydrogens (tertiary/aromatic N) is 7. The summed E-state index contributed by atoms with van der Waals surface area (Å²) in [6.45, 7) is -0.987. The van der Waals surface area contributed by atoms with Gasteiger partial charge in [0.2, 0.25) is 0 Å². The van der Waals surface area contributed by atoms with E-state index in [1.54, 1.807) is 36.5 Å². The lowest BCUT2D eigenvalue weighted by atomic mass is 10.2. The monoisotopic (exact) mass is 493 g/mol. The largest absolute Gasteiger partial charge is 0.435 e. The summed E-state index contributed by atoms with van der Waals surface area (Å²) in [7, 11) is 0. The highest BCUT2D eigenvalue weighted by atomic mass is 32.2. The molecule has 0 aliphatic carbocycles. The lowest BCUT2D eigenvalue weighted by molar-refractivity contribution is -0.0498. The number of pyridine rings is 1. The number of hydrogen-bond donors (Lipinski definition) is 0. The van der Waals surface area contributed by atoms with E-state index in [-0.39, 0.29) is 17.1 Å². The standard InChI is InChI=1S/C23H17F2N7O2S/c1-14-10-11-26-19(12-14)31-21(33)17-4-2-3-5-18(17)27-23(31)35-13-20-28-29-30-32(20)15-6-8-16(9-7-15)34-22(24)25/h2-12,22H,13H2,1H3. The molecule has 0 N–H and O–H groups in total. The van der Waals surface area contributed by atoms with Gasteiger partial charge in [0.25, 0.3) is 5.56 Å². The Morgan fingerprint density at radius 1 is 1.09 bits per heavy atom. The molecule has 5 aromatic rings. The first-order valence-electron chi connectivity index (χ1n) is 10.4. The predicted molar refractivity (Wildman–Crippen MR) is 125 cm³/mol. The highest BCUT2D eigenvalue weighted by molar-refractivity contribution is 7.98. The molecule has 0 amide bonds. The first-order chi connectivity index (χ1) is 17.0. The smallest absolute Gasteiger partial charge is 0.387 e. The number of rotatable bonds is 7. The van der Waals surface area contributed by atoms with Crippen molar-refractivity contribution in [2.24, 2.45) is 0 Å². The van der Waals surface area contributed by atoms with Gasteiger partial charge >= 0.3 is 6.61 Å². The fourth-order valence-corrected chi connectivity index (χ4v) is 4.35. The SMILES string of the molecule is Cc1ccnc(-n2c(SCc3nnnn3-c3ccc(OC(F)F)cc3)nc3ccccc3c2=O)c1. The minimum absolute atomic E-state index is 0.0304. The second-order valence-corrected chi connectivity index (χ2v) is 8.35. The number of thioether (sulfide) groups is 1. The van der Waals surface area contributed by atoms with Gasteiger partial charge in [0.15, 0.2) is 11.0 Å². The maximum absolute atomic E-state index is 13.4. The van der Waals surface area contributed by atoms with Crippen LogP contribution in [0.1, 0.15) is 11.4 Å². The van der Waals surface area contributed by atoms with Gasteiger partial charge in [-0.3, -0.25) is 4.79 Å². The van der Waals surface area contributed by atoms with Crippen LogP contribution in [-0.4, -0.2) is 41.4 Å². The number of halogens is 2. The molecular weight excluding hydrogens is 476 g/mol. The quantitative estimate of drug-likeness (QED) is 0.248. The molecule has 12 heteroatoms. The first kappa shape index (κ1) is 22.6. The Kier molecular flexibility index (Phi) is 6.19. The van der Waals surface area contributed by atoms with E-state index in [1.807, 2.05) is 25.1 Å². The molecule has 0 unspecified atom stereocenters. The van der Waals surface area contributed by atoms with Gasteiger partial charge in [0, 0.05) is 6.20 Å². The van der Waals surface area contributed by atoms with Gasteiger partial charge in [0.1, 0.15) is 11.6 Å². The Labute approximate surface area is 201 Å². The molecule has 3 heterocycles. The molecule has 0 saturated carbocycles. The molecule has 0 saturated heterocycles. The number of alkyl halides is 2. The highest BCUT2D eigenvalue weighted by Crippen LogP contribution is 2.25. The Morgan fingerprint density at radius 3 is 2.66 bits per heavy atom. The summed E-state index contributed by atoms with van der Waals surface area (Å²) in [5.74, 6) is 1.25. The summed E-state index contributed by atoms with van der Waals surface area (Å²) in [5, 5.41) is 12.7. The van der Waals surface area contributed by atoms with Crippen LogP contribution < -0.4 is 10.3 Å². The van der Waals surface area contributed by atoms with E-state index in [4.69, 9.17) is 4.98 Å². The first-order valence-corrected chi connectivity index (χ1v) is 11.4. The molecule has 176 valence electrons. The number of tetrazole rings is 1. The zero-order chi connectivity index (χ0) is 24.4. The molecule has 3 aromatic heterocycles. The van der Waals surface area contributed by atoms with Crippen molar-refractivity contribution in [3.05, 3.63) is 88.6 Å². The third-order valence-electron chi connectivity index (χ3n) is 5.05. The lowest BCUT2D eigenvalue weighted by Crippen LogP contribution is -2.22. The Bertz CT molecular complexity index is 1550. The van der Waals surface area contributed by atoms with Crippen LogP contribution in [0, 0.1) is 6.92 Å². The van der Waals surface area contributed by atoms with E-state index < -0.39 is 6.61 Å². The molecular formula is C23H17F2N7O2S. The molecule has 2 aromatic carbocycles. The summed E-state index contributed by atoms with van der Waals surface area (Å²) in [5.41, 5.74) is 1.86. The topological polar surface area (TPSA) is 101 Å². The number of aryl methyl sites for hydroxylation is 1. The third kappa shape index (κ3) is 4.73. The Balaban J connectivity index is 1.49. The van der Waals surface area contributed by atoms with E-state index >= 15 is 0 Å². The molecule has 0 radical (unpaired) electrons. The number of fused-ring (bicyclic) bond motifs is 1. The number of ether oxygens (including phenoxy) is 1. The normalized spacial score (nSPS) is 11.3. The lowest BCUT2D eigenvalue weighted by Gasteiger charge is -2.13. The summed E-state index contributed by atoms with van der Waals surface area (Å²) in [6.07, 6.45) is 1.64. The summed E-state index contributed by atoms with van der Waals surface area (Å²) < 4.78 is 32.2. The zero-order valence-electron chi connectivity index (χ0n) is 18.2. The second kappa shape index (κ2) is 9.58. The van der Waals surface area contributed by atoms with E-state index in [2.05, 4.69) is 25.2 Å². The van der Waals surface area contributed by atoms with Gasteiger partial charge in [-0.25, -0.2) is 14.5 Å². The van der Waals surface area contributed by atoms with Gasteiger partial charge in [-0.1, -0.05) is 23.9 Å². The van der Waals surface area contributed by atoms with E-state index in [0.717, 1.165) is 5.56 Å². The second-order valence-electron chi connectivity index (χ2n) is 7.41. The van der Waals surface area contributed by atoms with Crippen molar-refractivity contribution in [1.82, 2.24) is 34.7 Å². The summed E-state index contributed by atoms with van der Waals surface area (Å²) >= 11 is 1.28. The predicted octanol–water partition coefficient (Wildman–Crippen LogP) is 3.96. The maximum atomic E-state index is 13.4. The fourth-order valence-electron chi connectivity index (χ4n) is 3.45. The van der Waals surface area contributed by atoms with Crippen molar-refractivity contribution in [2.75, 3.05) is 0 Å². The van der Waals surface area contributed by atoms with Crippen LogP contribution in [0.3, 0.4) is 0 Å². The van der Waals surface area contributed by atoms with E-state index in [9.17, 15) is 13.6 Å². The molecule has 35 heavy (non-hydrogen) atoms. The number of benzene rings is 2. The Hall–Kier alpha value is -4.19. The van der Waals surface area contributed by atoms with Gasteiger partial charge in [-0.2, -0.15) is 13.5 Å². The van der Waals surface area contributed by atoms with Crippen molar-refractivity contribution < 1.29 is 13.5 Å². The van der Waals surface area contributed by atoms with E-state index in [0.29, 0.717) is 33.4 Å². The zero-order valence-corrected chi connectivity index (χ0v) is 19.1. The van der Waals surface area contributed by atoms with Crippen LogP contribution in [0.4, 0.5) is 8.78 Å². The fraction of sp³-hybridized carbons (Fsp3) is 0.130. The third-order valence-corrected chi connectivity index (χ3v) is 5.98. The molecule has 5 rings (SSSR count). The van der Waals surface area contributed by atoms with Crippen LogP contribution in [0.15, 0.2) is 76.8 Å². The molecule has 0 aliphatic heterocycles. The maximum Gasteiger partial charge on any atom is 0.387 e. The summed E-state index contributed by atoms with van der Waals surface area (Å²) in [6, 6.07) is 16.7. The highest BCUT2D eigenvalue weighted by Gasteiger charge is 2.17. The molecule has 9 nitrogen and oxygen atoms in total. The van der Waals surface area contributed by atoms with Crippen molar-refractivity contribution in [2.45, 2.75) is 24.4 Å². The van der Waals surface area contributed by atoms with Gasteiger partial charge in [0.05, 0.1) is 22.3 Å². The van der Waals surface area contributed by atoms with Crippen molar-refractivity contribution in [3.8, 4) is 17.3 Å². The molecule has 0 fully saturated rings. The average molecular weight is 493 g/mol.